The fraction of sp³-hybridized carbons (Fsp3) is 0.333. The van der Waals surface area contributed by atoms with Crippen LogP contribution in [0.4, 0.5) is 13.2 Å². The van der Waals surface area contributed by atoms with Crippen molar-refractivity contribution >= 4 is 0 Å². The quantitative estimate of drug-likeness (QED) is 0.922. The molecule has 2 aromatic rings. The Kier molecular flexibility index (Phi) is 3.84. The van der Waals surface area contributed by atoms with Gasteiger partial charge in [0, 0.05) is 12.6 Å². The van der Waals surface area contributed by atoms with E-state index in [1.165, 1.54) is 16.8 Å². The Morgan fingerprint density at radius 2 is 1.95 bits per heavy atom. The summed E-state index contributed by atoms with van der Waals surface area (Å²) in [5.41, 5.74) is 5.57. The second-order valence-electron chi connectivity index (χ2n) is 4.10. The highest BCUT2D eigenvalue weighted by Crippen LogP contribution is 2.32. The lowest BCUT2D eigenvalue weighted by atomic mass is 10.1. The van der Waals surface area contributed by atoms with Gasteiger partial charge in [-0.3, -0.25) is 0 Å². The summed E-state index contributed by atoms with van der Waals surface area (Å²) < 4.78 is 39.8. The predicted octanol–water partition coefficient (Wildman–Crippen LogP) is 1.85. The van der Waals surface area contributed by atoms with E-state index in [0.717, 1.165) is 6.07 Å². The van der Waals surface area contributed by atoms with E-state index in [0.29, 0.717) is 18.7 Å². The fourth-order valence-electron chi connectivity index (χ4n) is 1.79. The molecule has 0 unspecified atom stereocenters. The maximum atomic E-state index is 12.8. The first-order valence-corrected chi connectivity index (χ1v) is 5.75. The molecule has 0 aliphatic rings. The average molecular weight is 270 g/mol. The highest BCUT2D eigenvalue weighted by atomic mass is 19.4. The van der Waals surface area contributed by atoms with Crippen LogP contribution in [0.5, 0.6) is 0 Å². The van der Waals surface area contributed by atoms with Gasteiger partial charge in [-0.15, -0.1) is 5.10 Å². The summed E-state index contributed by atoms with van der Waals surface area (Å²) in [5.74, 6) is 0. The Hall–Kier alpha value is -1.89. The monoisotopic (exact) mass is 270 g/mol. The van der Waals surface area contributed by atoms with Crippen LogP contribution in [-0.4, -0.2) is 21.5 Å². The summed E-state index contributed by atoms with van der Waals surface area (Å²) in [6, 6.07) is 5.44. The second kappa shape index (κ2) is 5.40. The molecular formula is C12H13F3N4. The van der Waals surface area contributed by atoms with Crippen molar-refractivity contribution in [1.29, 1.82) is 0 Å². The molecule has 2 rings (SSSR count). The van der Waals surface area contributed by atoms with E-state index in [-0.39, 0.29) is 12.1 Å². The number of benzene rings is 1. The first kappa shape index (κ1) is 13.5. The van der Waals surface area contributed by atoms with E-state index in [4.69, 9.17) is 5.73 Å². The molecule has 0 amide bonds. The minimum Gasteiger partial charge on any atom is -0.330 e. The second-order valence-corrected chi connectivity index (χ2v) is 4.10. The topological polar surface area (TPSA) is 56.7 Å². The normalized spacial score (nSPS) is 11.8. The molecule has 0 atom stereocenters. The van der Waals surface area contributed by atoms with Crippen LogP contribution in [-0.2, 0) is 19.1 Å². The Morgan fingerprint density at radius 3 is 2.63 bits per heavy atom. The maximum Gasteiger partial charge on any atom is 0.416 e. The zero-order chi connectivity index (χ0) is 13.9. The van der Waals surface area contributed by atoms with Crippen LogP contribution in [0.1, 0.15) is 16.8 Å². The lowest BCUT2D eigenvalue weighted by molar-refractivity contribution is -0.138. The van der Waals surface area contributed by atoms with E-state index in [1.807, 2.05) is 0 Å². The molecule has 0 fully saturated rings. The third-order valence-corrected chi connectivity index (χ3v) is 2.64. The third kappa shape index (κ3) is 3.31. The Labute approximate surface area is 108 Å². The van der Waals surface area contributed by atoms with Crippen molar-refractivity contribution in [3.8, 4) is 0 Å². The average Bonchev–Trinajstić information content (AvgIpc) is 2.76. The van der Waals surface area contributed by atoms with E-state index >= 15 is 0 Å². The molecular weight excluding hydrogens is 257 g/mol. The number of aromatic nitrogens is 3. The summed E-state index contributed by atoms with van der Waals surface area (Å²) in [4.78, 5) is 0. The third-order valence-electron chi connectivity index (χ3n) is 2.64. The molecule has 0 aliphatic carbocycles. The zero-order valence-electron chi connectivity index (χ0n) is 10.1. The largest absolute Gasteiger partial charge is 0.416 e. The van der Waals surface area contributed by atoms with Gasteiger partial charge in [0.05, 0.1) is 17.8 Å². The smallest absolute Gasteiger partial charge is 0.330 e. The maximum absolute atomic E-state index is 12.8. The van der Waals surface area contributed by atoms with E-state index < -0.39 is 11.7 Å². The van der Waals surface area contributed by atoms with Crippen LogP contribution >= 0.6 is 0 Å². The molecule has 1 aromatic heterocycles. The number of hydrogen-bond donors (Lipinski definition) is 1. The molecule has 0 saturated carbocycles. The van der Waals surface area contributed by atoms with Crippen molar-refractivity contribution in [1.82, 2.24) is 15.0 Å². The molecule has 0 bridgehead atoms. The van der Waals surface area contributed by atoms with Gasteiger partial charge < -0.3 is 5.73 Å². The van der Waals surface area contributed by atoms with Crippen molar-refractivity contribution < 1.29 is 13.2 Å². The van der Waals surface area contributed by atoms with Gasteiger partial charge in [0.2, 0.25) is 0 Å². The van der Waals surface area contributed by atoms with Gasteiger partial charge in [-0.2, -0.15) is 13.2 Å². The number of halogens is 3. The zero-order valence-corrected chi connectivity index (χ0v) is 10.1. The Morgan fingerprint density at radius 1 is 1.21 bits per heavy atom. The van der Waals surface area contributed by atoms with Crippen molar-refractivity contribution in [2.75, 3.05) is 6.54 Å². The van der Waals surface area contributed by atoms with Gasteiger partial charge in [-0.1, -0.05) is 23.4 Å². The first-order valence-electron chi connectivity index (χ1n) is 5.75. The molecule has 1 aromatic carbocycles. The molecule has 0 aliphatic heterocycles. The van der Waals surface area contributed by atoms with E-state index in [9.17, 15) is 13.2 Å². The van der Waals surface area contributed by atoms with Crippen LogP contribution in [0, 0.1) is 0 Å². The molecule has 0 radical (unpaired) electrons. The summed E-state index contributed by atoms with van der Waals surface area (Å²) in [7, 11) is 0. The molecule has 102 valence electrons. The lowest BCUT2D eigenvalue weighted by Gasteiger charge is -2.12. The number of nitrogens with two attached hydrogens (primary N) is 1. The van der Waals surface area contributed by atoms with Gasteiger partial charge in [0.1, 0.15) is 0 Å². The lowest BCUT2D eigenvalue weighted by Crippen LogP contribution is -2.12. The highest BCUT2D eigenvalue weighted by molar-refractivity contribution is 5.29. The SMILES string of the molecule is NCCc1cn(Cc2ccccc2C(F)(F)F)nn1. The fourth-order valence-corrected chi connectivity index (χ4v) is 1.79. The molecule has 4 nitrogen and oxygen atoms in total. The van der Waals surface area contributed by atoms with Crippen LogP contribution in [0.2, 0.25) is 0 Å². The number of nitrogens with zero attached hydrogens (tertiary/aromatic N) is 3. The van der Waals surface area contributed by atoms with Crippen LogP contribution < -0.4 is 5.73 Å². The minimum atomic E-state index is -4.36. The van der Waals surface area contributed by atoms with Gasteiger partial charge >= 0.3 is 6.18 Å². The van der Waals surface area contributed by atoms with Crippen molar-refractivity contribution in [2.45, 2.75) is 19.1 Å². The van der Waals surface area contributed by atoms with Crippen LogP contribution in [0.3, 0.4) is 0 Å². The minimum absolute atomic E-state index is 0.0350. The molecule has 0 saturated heterocycles. The van der Waals surface area contributed by atoms with Crippen LogP contribution in [0.15, 0.2) is 30.5 Å². The summed E-state index contributed by atoms with van der Waals surface area (Å²) >= 11 is 0. The predicted molar refractivity (Wildman–Crippen MR) is 63.3 cm³/mol. The molecule has 7 heteroatoms. The van der Waals surface area contributed by atoms with Gasteiger partial charge in [-0.05, 0) is 18.2 Å². The van der Waals surface area contributed by atoms with Crippen molar-refractivity contribution in [3.05, 3.63) is 47.3 Å². The van der Waals surface area contributed by atoms with Gasteiger partial charge in [0.25, 0.3) is 0 Å². The van der Waals surface area contributed by atoms with Gasteiger partial charge in [-0.25, -0.2) is 4.68 Å². The van der Waals surface area contributed by atoms with E-state index in [1.54, 1.807) is 12.3 Å². The standard InChI is InChI=1S/C12H13F3N4/c13-12(14,15)11-4-2-1-3-9(11)7-19-8-10(5-6-16)17-18-19/h1-4,8H,5-7,16H2. The number of rotatable bonds is 4. The summed E-state index contributed by atoms with van der Waals surface area (Å²) in [5, 5.41) is 7.64. The molecule has 2 N–H and O–H groups in total. The van der Waals surface area contributed by atoms with Gasteiger partial charge in [0.15, 0.2) is 0 Å². The Bertz CT molecular complexity index is 548. The first-order chi connectivity index (χ1) is 9.00. The highest BCUT2D eigenvalue weighted by Gasteiger charge is 2.32. The molecule has 1 heterocycles. The number of alkyl halides is 3. The van der Waals surface area contributed by atoms with Crippen LogP contribution in [0.25, 0.3) is 0 Å². The molecule has 19 heavy (non-hydrogen) atoms. The number of hydrogen-bond acceptors (Lipinski definition) is 3. The summed E-state index contributed by atoms with van der Waals surface area (Å²) in [6.45, 7) is 0.463. The summed E-state index contributed by atoms with van der Waals surface area (Å²) in [6.07, 6.45) is -2.20. The Balaban J connectivity index is 2.23. The van der Waals surface area contributed by atoms with Crippen molar-refractivity contribution in [2.24, 2.45) is 5.73 Å². The molecule has 0 spiro atoms. The van der Waals surface area contributed by atoms with Crippen molar-refractivity contribution in [3.63, 3.8) is 0 Å². The van der Waals surface area contributed by atoms with E-state index in [2.05, 4.69) is 10.3 Å².